The number of carbonyl (C=O) groups is 3. The van der Waals surface area contributed by atoms with Crippen molar-refractivity contribution < 1.29 is 19.1 Å². The number of anilines is 2. The Balaban J connectivity index is 1.82. The zero-order valence-corrected chi connectivity index (χ0v) is 16.7. The Morgan fingerprint density at radius 2 is 1.75 bits per heavy atom. The zero-order chi connectivity index (χ0) is 20.0. The van der Waals surface area contributed by atoms with Crippen molar-refractivity contribution in [2.24, 2.45) is 11.0 Å². The minimum absolute atomic E-state index is 0.0867. The molecule has 8 heteroatoms. The number of methoxy groups -OCH3 is 1. The molecule has 2 amide bonds. The van der Waals surface area contributed by atoms with E-state index in [1.165, 1.54) is 19.0 Å². The van der Waals surface area contributed by atoms with Crippen molar-refractivity contribution in [1.29, 1.82) is 0 Å². The van der Waals surface area contributed by atoms with E-state index in [1.54, 1.807) is 36.4 Å². The van der Waals surface area contributed by atoms with Gasteiger partial charge in [-0.3, -0.25) is 19.4 Å². The second kappa shape index (κ2) is 6.87. The fraction of sp³-hybridized carbons (Fsp3) is 0.200. The Morgan fingerprint density at radius 3 is 2.39 bits per heavy atom. The highest BCUT2D eigenvalue weighted by atomic mass is 79.9. The lowest BCUT2D eigenvalue weighted by atomic mass is 9.95. The third-order valence-corrected chi connectivity index (χ3v) is 5.36. The summed E-state index contributed by atoms with van der Waals surface area (Å²) >= 11 is 3.37. The minimum Gasteiger partial charge on any atom is -0.495 e. The SMILES string of the molecule is COc1ccccc1N1C(=O)[C@H]2C(C(C)=O)=NN(c3ccc(Br)cc3)[C@H]2C1=O. The van der Waals surface area contributed by atoms with Crippen LogP contribution in [0.15, 0.2) is 58.1 Å². The molecule has 28 heavy (non-hydrogen) atoms. The summed E-state index contributed by atoms with van der Waals surface area (Å²) in [5.41, 5.74) is 1.06. The highest BCUT2D eigenvalue weighted by Crippen LogP contribution is 2.40. The van der Waals surface area contributed by atoms with Crippen LogP contribution in [-0.2, 0) is 14.4 Å². The van der Waals surface area contributed by atoms with Gasteiger partial charge in [-0.05, 0) is 36.4 Å². The fourth-order valence-corrected chi connectivity index (χ4v) is 3.83. The topological polar surface area (TPSA) is 79.3 Å². The standard InChI is InChI=1S/C20H16BrN3O4/c1-11(25)17-16-18(24(22-17)13-9-7-12(21)8-10-13)20(27)23(19(16)26)14-5-3-4-6-15(14)28-2/h3-10,16,18H,1-2H3/t16-,18+/m0/s1. The van der Waals surface area contributed by atoms with E-state index in [4.69, 9.17) is 4.74 Å². The van der Waals surface area contributed by atoms with E-state index in [0.29, 0.717) is 17.1 Å². The van der Waals surface area contributed by atoms with Gasteiger partial charge in [-0.1, -0.05) is 28.1 Å². The van der Waals surface area contributed by atoms with Gasteiger partial charge in [0.1, 0.15) is 23.4 Å². The monoisotopic (exact) mass is 441 g/mol. The highest BCUT2D eigenvalue weighted by molar-refractivity contribution is 9.10. The first kappa shape index (κ1) is 18.4. The molecule has 4 rings (SSSR count). The number of hydrazone groups is 1. The van der Waals surface area contributed by atoms with Gasteiger partial charge in [0.2, 0.25) is 5.91 Å². The molecule has 7 nitrogen and oxygen atoms in total. The van der Waals surface area contributed by atoms with Gasteiger partial charge < -0.3 is 4.74 Å². The molecule has 0 aliphatic carbocycles. The number of ketones is 1. The molecular weight excluding hydrogens is 426 g/mol. The Bertz CT molecular complexity index is 1020. The number of Topliss-reactive ketones (excluding diaryl/α,β-unsaturated/α-hetero) is 1. The normalized spacial score (nSPS) is 21.0. The molecule has 0 bridgehead atoms. The molecule has 0 radical (unpaired) electrons. The van der Waals surface area contributed by atoms with Crippen molar-refractivity contribution in [2.75, 3.05) is 17.0 Å². The van der Waals surface area contributed by atoms with Crippen LogP contribution in [0.5, 0.6) is 5.75 Å². The number of para-hydroxylation sites is 2. The molecule has 0 saturated carbocycles. The van der Waals surface area contributed by atoms with Gasteiger partial charge in [0.05, 0.1) is 18.5 Å². The molecule has 0 N–H and O–H groups in total. The largest absolute Gasteiger partial charge is 0.495 e. The van der Waals surface area contributed by atoms with Crippen LogP contribution in [0.25, 0.3) is 0 Å². The van der Waals surface area contributed by atoms with Gasteiger partial charge >= 0.3 is 0 Å². The maximum atomic E-state index is 13.3. The number of rotatable bonds is 4. The fourth-order valence-electron chi connectivity index (χ4n) is 3.56. The predicted molar refractivity (Wildman–Crippen MR) is 108 cm³/mol. The van der Waals surface area contributed by atoms with Gasteiger partial charge in [0.15, 0.2) is 5.78 Å². The average molecular weight is 442 g/mol. The number of hydrogen-bond donors (Lipinski definition) is 0. The molecule has 2 atom stereocenters. The van der Waals surface area contributed by atoms with Crippen molar-refractivity contribution in [3.8, 4) is 5.75 Å². The second-order valence-corrected chi connectivity index (χ2v) is 7.38. The van der Waals surface area contributed by atoms with Crippen molar-refractivity contribution in [1.82, 2.24) is 0 Å². The Labute approximate surface area is 169 Å². The summed E-state index contributed by atoms with van der Waals surface area (Å²) in [6.07, 6.45) is 0. The third-order valence-electron chi connectivity index (χ3n) is 4.83. The van der Waals surface area contributed by atoms with E-state index in [9.17, 15) is 14.4 Å². The van der Waals surface area contributed by atoms with Crippen LogP contribution in [-0.4, -0.2) is 36.5 Å². The smallest absolute Gasteiger partial charge is 0.260 e. The second-order valence-electron chi connectivity index (χ2n) is 6.47. The minimum atomic E-state index is -0.946. The van der Waals surface area contributed by atoms with Crippen LogP contribution in [0.2, 0.25) is 0 Å². The predicted octanol–water partition coefficient (Wildman–Crippen LogP) is 2.78. The van der Waals surface area contributed by atoms with Crippen molar-refractivity contribution in [2.45, 2.75) is 13.0 Å². The van der Waals surface area contributed by atoms with E-state index in [1.807, 2.05) is 12.1 Å². The van der Waals surface area contributed by atoms with Crippen molar-refractivity contribution in [3.05, 3.63) is 53.0 Å². The molecule has 2 aromatic carbocycles. The maximum absolute atomic E-state index is 13.3. The molecular formula is C20H16BrN3O4. The number of ether oxygens (including phenoxy) is 1. The number of fused-ring (bicyclic) bond motifs is 1. The van der Waals surface area contributed by atoms with Crippen LogP contribution in [0.4, 0.5) is 11.4 Å². The van der Waals surface area contributed by atoms with Crippen LogP contribution in [0.1, 0.15) is 6.92 Å². The number of nitrogens with zero attached hydrogens (tertiary/aromatic N) is 3. The molecule has 2 aliphatic heterocycles. The number of hydrogen-bond acceptors (Lipinski definition) is 6. The zero-order valence-electron chi connectivity index (χ0n) is 15.1. The first-order valence-electron chi connectivity index (χ1n) is 8.59. The summed E-state index contributed by atoms with van der Waals surface area (Å²) in [5, 5.41) is 5.79. The first-order valence-corrected chi connectivity index (χ1v) is 9.38. The number of benzene rings is 2. The van der Waals surface area contributed by atoms with Crippen LogP contribution in [0, 0.1) is 5.92 Å². The van der Waals surface area contributed by atoms with Gasteiger partial charge in [0, 0.05) is 11.4 Å². The van der Waals surface area contributed by atoms with E-state index in [-0.39, 0.29) is 11.5 Å². The Kier molecular flexibility index (Phi) is 4.50. The van der Waals surface area contributed by atoms with E-state index < -0.39 is 23.8 Å². The molecule has 1 fully saturated rings. The van der Waals surface area contributed by atoms with Crippen molar-refractivity contribution in [3.63, 3.8) is 0 Å². The summed E-state index contributed by atoms with van der Waals surface area (Å²) in [5.74, 6) is -1.80. The molecule has 0 aromatic heterocycles. The van der Waals surface area contributed by atoms with Gasteiger partial charge in [-0.2, -0.15) is 5.10 Å². The van der Waals surface area contributed by atoms with Crippen LogP contribution < -0.4 is 14.6 Å². The lowest BCUT2D eigenvalue weighted by molar-refractivity contribution is -0.122. The maximum Gasteiger partial charge on any atom is 0.260 e. The molecule has 1 saturated heterocycles. The van der Waals surface area contributed by atoms with E-state index in [2.05, 4.69) is 21.0 Å². The number of halogens is 1. The number of amides is 2. The summed E-state index contributed by atoms with van der Waals surface area (Å²) < 4.78 is 6.18. The molecule has 0 unspecified atom stereocenters. The lowest BCUT2D eigenvalue weighted by Gasteiger charge is -2.22. The van der Waals surface area contributed by atoms with Crippen LogP contribution >= 0.6 is 15.9 Å². The molecule has 2 aliphatic rings. The number of carbonyl (C=O) groups excluding carboxylic acids is 3. The Hall–Kier alpha value is -3.00. The summed E-state index contributed by atoms with van der Waals surface area (Å²) in [6, 6.07) is 13.1. The van der Waals surface area contributed by atoms with Crippen molar-refractivity contribution >= 4 is 50.6 Å². The highest BCUT2D eigenvalue weighted by Gasteiger charge is 2.58. The summed E-state index contributed by atoms with van der Waals surface area (Å²) in [4.78, 5) is 39.8. The molecule has 2 aromatic rings. The average Bonchev–Trinajstić information content (AvgIpc) is 3.20. The third kappa shape index (κ3) is 2.72. The van der Waals surface area contributed by atoms with E-state index >= 15 is 0 Å². The van der Waals surface area contributed by atoms with Gasteiger partial charge in [0.25, 0.3) is 5.91 Å². The summed E-state index contributed by atoms with van der Waals surface area (Å²) in [7, 11) is 1.47. The van der Waals surface area contributed by atoms with Crippen LogP contribution in [0.3, 0.4) is 0 Å². The first-order chi connectivity index (χ1) is 13.4. The Morgan fingerprint density at radius 1 is 1.07 bits per heavy atom. The lowest BCUT2D eigenvalue weighted by Crippen LogP contribution is -2.39. The molecule has 2 heterocycles. The van der Waals surface area contributed by atoms with Gasteiger partial charge in [-0.15, -0.1) is 0 Å². The number of imide groups is 1. The van der Waals surface area contributed by atoms with E-state index in [0.717, 1.165) is 9.37 Å². The quantitative estimate of drug-likeness (QED) is 0.681. The van der Waals surface area contributed by atoms with Gasteiger partial charge in [-0.25, -0.2) is 4.90 Å². The summed E-state index contributed by atoms with van der Waals surface area (Å²) in [6.45, 7) is 1.35. The molecule has 142 valence electrons. The molecule has 0 spiro atoms.